The number of carbonyl (C=O) groups excluding carboxylic acids is 1. The van der Waals surface area contributed by atoms with Gasteiger partial charge in [-0.15, -0.1) is 0 Å². The number of amides is 1. The maximum atomic E-state index is 13.5. The summed E-state index contributed by atoms with van der Waals surface area (Å²) in [5.41, 5.74) is 0.565. The summed E-state index contributed by atoms with van der Waals surface area (Å²) in [6.07, 6.45) is -0.0161. The topological polar surface area (TPSA) is 47.6 Å². The van der Waals surface area contributed by atoms with Crippen LogP contribution < -0.4 is 14.8 Å². The van der Waals surface area contributed by atoms with Gasteiger partial charge in [0.2, 0.25) is 5.91 Å². The molecule has 0 bridgehead atoms. The van der Waals surface area contributed by atoms with E-state index >= 15 is 0 Å². The van der Waals surface area contributed by atoms with Crippen molar-refractivity contribution >= 4 is 27.5 Å². The fourth-order valence-electron chi connectivity index (χ4n) is 1.99. The minimum Gasteiger partial charge on any atom is -0.493 e. The molecule has 0 aliphatic heterocycles. The Morgan fingerprint density at radius 1 is 1.13 bits per heavy atom. The van der Waals surface area contributed by atoms with Crippen LogP contribution in [0.4, 0.5) is 14.5 Å². The minimum atomic E-state index is -0.829. The van der Waals surface area contributed by atoms with Gasteiger partial charge >= 0.3 is 0 Å². The zero-order valence-corrected chi connectivity index (χ0v) is 14.0. The molecule has 23 heavy (non-hydrogen) atoms. The largest absolute Gasteiger partial charge is 0.493 e. The third kappa shape index (κ3) is 4.19. The zero-order chi connectivity index (χ0) is 17.0. The highest BCUT2D eigenvalue weighted by Gasteiger charge is 2.14. The number of hydrogen-bond acceptors (Lipinski definition) is 3. The van der Waals surface area contributed by atoms with Crippen molar-refractivity contribution in [2.24, 2.45) is 0 Å². The molecule has 1 N–H and O–H groups in total. The Kier molecular flexibility index (Phi) is 5.54. The monoisotopic (exact) mass is 385 g/mol. The molecule has 0 atom stereocenters. The molecule has 2 rings (SSSR count). The molecular weight excluding hydrogens is 372 g/mol. The Bertz CT molecular complexity index is 738. The molecule has 1 amide bonds. The predicted octanol–water partition coefficient (Wildman–Crippen LogP) is 3.93. The van der Waals surface area contributed by atoms with Gasteiger partial charge in [-0.1, -0.05) is 15.9 Å². The number of anilines is 1. The minimum absolute atomic E-state index is 0.0161. The van der Waals surface area contributed by atoms with Crippen LogP contribution in [-0.4, -0.2) is 20.1 Å². The van der Waals surface area contributed by atoms with Crippen LogP contribution >= 0.6 is 15.9 Å². The second-order valence-corrected chi connectivity index (χ2v) is 5.50. The normalized spacial score (nSPS) is 10.3. The Hall–Kier alpha value is -2.15. The number of hydrogen-bond donors (Lipinski definition) is 1. The summed E-state index contributed by atoms with van der Waals surface area (Å²) in [6, 6.07) is 6.29. The molecule has 7 heteroatoms. The fourth-order valence-corrected chi connectivity index (χ4v) is 2.45. The van der Waals surface area contributed by atoms with Gasteiger partial charge in [0.1, 0.15) is 11.6 Å². The number of rotatable bonds is 5. The highest BCUT2D eigenvalue weighted by atomic mass is 79.9. The van der Waals surface area contributed by atoms with E-state index in [1.807, 2.05) is 0 Å². The lowest BCUT2D eigenvalue weighted by Gasteiger charge is -2.12. The van der Waals surface area contributed by atoms with Gasteiger partial charge < -0.3 is 14.8 Å². The average molecular weight is 386 g/mol. The fraction of sp³-hybridized carbons (Fsp3) is 0.188. The van der Waals surface area contributed by atoms with E-state index in [4.69, 9.17) is 9.47 Å². The van der Waals surface area contributed by atoms with Crippen LogP contribution in [0, 0.1) is 11.6 Å². The van der Waals surface area contributed by atoms with Crippen LogP contribution in [-0.2, 0) is 11.2 Å². The molecule has 2 aromatic rings. The Labute approximate surface area is 140 Å². The number of halogens is 3. The summed E-state index contributed by atoms with van der Waals surface area (Å²) in [5, 5.41) is 2.41. The molecule has 2 aromatic carbocycles. The van der Waals surface area contributed by atoms with Gasteiger partial charge in [0, 0.05) is 10.5 Å². The van der Waals surface area contributed by atoms with E-state index in [1.54, 1.807) is 12.1 Å². The highest BCUT2D eigenvalue weighted by molar-refractivity contribution is 9.10. The molecule has 0 aromatic heterocycles. The number of carbonyl (C=O) groups is 1. The van der Waals surface area contributed by atoms with Crippen molar-refractivity contribution in [1.82, 2.24) is 0 Å². The predicted molar refractivity (Wildman–Crippen MR) is 85.9 cm³/mol. The molecule has 4 nitrogen and oxygen atoms in total. The molecular formula is C16H14BrF2NO3. The van der Waals surface area contributed by atoms with Crippen molar-refractivity contribution in [2.75, 3.05) is 19.5 Å². The third-order valence-electron chi connectivity index (χ3n) is 3.11. The van der Waals surface area contributed by atoms with Crippen molar-refractivity contribution in [3.8, 4) is 11.5 Å². The van der Waals surface area contributed by atoms with Crippen LogP contribution in [0.5, 0.6) is 11.5 Å². The van der Waals surface area contributed by atoms with Crippen molar-refractivity contribution in [2.45, 2.75) is 6.42 Å². The van der Waals surface area contributed by atoms with Gasteiger partial charge in [0.05, 0.1) is 26.3 Å². The highest BCUT2D eigenvalue weighted by Crippen LogP contribution is 2.33. The van der Waals surface area contributed by atoms with E-state index in [0.717, 1.165) is 6.07 Å². The molecule has 0 aliphatic rings. The van der Waals surface area contributed by atoms with Crippen LogP contribution in [0.25, 0.3) is 0 Å². The first-order chi connectivity index (χ1) is 10.9. The molecule has 0 saturated heterocycles. The summed E-state index contributed by atoms with van der Waals surface area (Å²) in [4.78, 5) is 12.1. The lowest BCUT2D eigenvalue weighted by atomic mass is 10.1. The lowest BCUT2D eigenvalue weighted by Crippen LogP contribution is -2.16. The average Bonchev–Trinajstić information content (AvgIpc) is 2.51. The van der Waals surface area contributed by atoms with Crippen molar-refractivity contribution < 1.29 is 23.0 Å². The second-order valence-electron chi connectivity index (χ2n) is 4.65. The Morgan fingerprint density at radius 3 is 2.39 bits per heavy atom. The van der Waals surface area contributed by atoms with E-state index in [0.29, 0.717) is 27.6 Å². The SMILES string of the molecule is COc1cc(Br)c(CC(=O)Nc2ccc(F)cc2F)cc1OC. The van der Waals surface area contributed by atoms with E-state index < -0.39 is 17.5 Å². The number of ether oxygens (including phenoxy) is 2. The van der Waals surface area contributed by atoms with Crippen LogP contribution in [0.2, 0.25) is 0 Å². The van der Waals surface area contributed by atoms with Gasteiger partial charge in [0.25, 0.3) is 0 Å². The molecule has 0 radical (unpaired) electrons. The van der Waals surface area contributed by atoms with Gasteiger partial charge in [-0.3, -0.25) is 4.79 Å². The second kappa shape index (κ2) is 7.41. The maximum Gasteiger partial charge on any atom is 0.228 e. The number of nitrogens with one attached hydrogen (secondary N) is 1. The maximum absolute atomic E-state index is 13.5. The van der Waals surface area contributed by atoms with Gasteiger partial charge in [0.15, 0.2) is 11.5 Å². The number of benzene rings is 2. The van der Waals surface area contributed by atoms with E-state index in [1.165, 1.54) is 20.3 Å². The zero-order valence-electron chi connectivity index (χ0n) is 12.5. The molecule has 0 unspecified atom stereocenters. The summed E-state index contributed by atoms with van der Waals surface area (Å²) in [6.45, 7) is 0. The molecule has 0 fully saturated rings. The van der Waals surface area contributed by atoms with Crippen molar-refractivity contribution in [3.05, 3.63) is 52.0 Å². The summed E-state index contributed by atoms with van der Waals surface area (Å²) in [5.74, 6) is -0.976. The molecule has 122 valence electrons. The molecule has 0 heterocycles. The van der Waals surface area contributed by atoms with Crippen molar-refractivity contribution in [3.63, 3.8) is 0 Å². The third-order valence-corrected chi connectivity index (χ3v) is 3.85. The van der Waals surface area contributed by atoms with E-state index in [9.17, 15) is 13.6 Å². The van der Waals surface area contributed by atoms with E-state index in [2.05, 4.69) is 21.2 Å². The van der Waals surface area contributed by atoms with Gasteiger partial charge in [-0.25, -0.2) is 8.78 Å². The Balaban J connectivity index is 2.17. The molecule has 0 saturated carbocycles. The smallest absolute Gasteiger partial charge is 0.228 e. The van der Waals surface area contributed by atoms with Gasteiger partial charge in [-0.2, -0.15) is 0 Å². The number of methoxy groups -OCH3 is 2. The van der Waals surface area contributed by atoms with E-state index in [-0.39, 0.29) is 12.1 Å². The standard InChI is InChI=1S/C16H14BrF2NO3/c1-22-14-5-9(11(17)8-15(14)23-2)6-16(21)20-13-4-3-10(18)7-12(13)19/h3-5,7-8H,6H2,1-2H3,(H,20,21). The summed E-state index contributed by atoms with van der Waals surface area (Å²) >= 11 is 3.35. The summed E-state index contributed by atoms with van der Waals surface area (Å²) < 4.78 is 37.4. The van der Waals surface area contributed by atoms with Crippen LogP contribution in [0.1, 0.15) is 5.56 Å². The van der Waals surface area contributed by atoms with Crippen molar-refractivity contribution in [1.29, 1.82) is 0 Å². The lowest BCUT2D eigenvalue weighted by molar-refractivity contribution is -0.115. The first-order valence-corrected chi connectivity index (χ1v) is 7.39. The molecule has 0 aliphatic carbocycles. The first-order valence-electron chi connectivity index (χ1n) is 6.60. The van der Waals surface area contributed by atoms with Gasteiger partial charge in [-0.05, 0) is 29.8 Å². The van der Waals surface area contributed by atoms with Crippen LogP contribution in [0.15, 0.2) is 34.8 Å². The quantitative estimate of drug-likeness (QED) is 0.848. The first kappa shape index (κ1) is 17.2. The Morgan fingerprint density at radius 2 is 1.78 bits per heavy atom. The summed E-state index contributed by atoms with van der Waals surface area (Å²) in [7, 11) is 3.00. The molecule has 0 spiro atoms. The van der Waals surface area contributed by atoms with Crippen LogP contribution in [0.3, 0.4) is 0 Å².